The summed E-state index contributed by atoms with van der Waals surface area (Å²) in [5, 5.41) is 15.6. The van der Waals surface area contributed by atoms with Gasteiger partial charge in [-0.25, -0.2) is 4.98 Å². The van der Waals surface area contributed by atoms with Crippen molar-refractivity contribution in [3.63, 3.8) is 0 Å². The molecule has 2 aromatic rings. The highest BCUT2D eigenvalue weighted by molar-refractivity contribution is 8.00. The number of nitrogens with zero attached hydrogens (tertiary/aromatic N) is 3. The number of rotatable bonds is 5. The van der Waals surface area contributed by atoms with Crippen LogP contribution in [0, 0.1) is 10.1 Å². The van der Waals surface area contributed by atoms with Crippen molar-refractivity contribution in [1.82, 2.24) is 9.88 Å². The first-order valence-electron chi connectivity index (χ1n) is 6.88. The van der Waals surface area contributed by atoms with Crippen LogP contribution in [-0.2, 0) is 9.59 Å². The molecule has 1 aromatic heterocycles. The number of nitro benzene ring substituents is 1. The third-order valence-corrected chi connectivity index (χ3v) is 4.97. The minimum atomic E-state index is -0.469. The van der Waals surface area contributed by atoms with E-state index in [9.17, 15) is 19.7 Å². The van der Waals surface area contributed by atoms with Crippen molar-refractivity contribution >= 4 is 45.7 Å². The van der Waals surface area contributed by atoms with Gasteiger partial charge in [0.05, 0.1) is 22.2 Å². The molecule has 1 aliphatic rings. The molecule has 2 heterocycles. The molecule has 2 amide bonds. The summed E-state index contributed by atoms with van der Waals surface area (Å²) in [4.78, 5) is 39.6. The number of amides is 2. The first kappa shape index (κ1) is 16.4. The third-order valence-electron chi connectivity index (χ3n) is 3.26. The Bertz CT molecular complexity index is 808. The smallest absolute Gasteiger partial charge is 0.270 e. The molecule has 1 fully saturated rings. The van der Waals surface area contributed by atoms with E-state index in [-0.39, 0.29) is 24.0 Å². The summed E-state index contributed by atoms with van der Waals surface area (Å²) in [5.74, 6) is 0.558. The van der Waals surface area contributed by atoms with Crippen molar-refractivity contribution in [2.75, 3.05) is 23.5 Å². The first-order valence-corrected chi connectivity index (χ1v) is 8.92. The number of thioether (sulfide) groups is 1. The van der Waals surface area contributed by atoms with Gasteiger partial charge in [0.1, 0.15) is 6.54 Å². The molecule has 1 saturated heterocycles. The number of non-ortho nitro benzene ring substituents is 1. The van der Waals surface area contributed by atoms with Gasteiger partial charge in [-0.15, -0.1) is 23.1 Å². The fraction of sp³-hybridized carbons (Fsp3) is 0.214. The molecule has 10 heteroatoms. The summed E-state index contributed by atoms with van der Waals surface area (Å²) in [5.41, 5.74) is 1.13. The van der Waals surface area contributed by atoms with Gasteiger partial charge in [-0.2, -0.15) is 0 Å². The number of thiazole rings is 1. The highest BCUT2D eigenvalue weighted by atomic mass is 32.2. The highest BCUT2D eigenvalue weighted by Gasteiger charge is 2.23. The van der Waals surface area contributed by atoms with Gasteiger partial charge in [0.15, 0.2) is 5.13 Å². The second-order valence-electron chi connectivity index (χ2n) is 4.96. The Morgan fingerprint density at radius 3 is 3.00 bits per heavy atom. The van der Waals surface area contributed by atoms with E-state index in [1.165, 1.54) is 40.1 Å². The van der Waals surface area contributed by atoms with Crippen LogP contribution in [0.25, 0.3) is 11.3 Å². The van der Waals surface area contributed by atoms with Gasteiger partial charge in [0, 0.05) is 23.1 Å². The number of hydrogen-bond acceptors (Lipinski definition) is 7. The molecule has 0 bridgehead atoms. The number of nitrogens with one attached hydrogen (secondary N) is 1. The SMILES string of the molecule is O=C(CN1CSCC1=O)Nc1nc(-c2cccc([N+](=O)[O-])c2)cs1. The Balaban J connectivity index is 1.67. The zero-order valence-electron chi connectivity index (χ0n) is 12.3. The zero-order chi connectivity index (χ0) is 17.1. The number of benzene rings is 1. The van der Waals surface area contributed by atoms with E-state index >= 15 is 0 Å². The normalized spacial score (nSPS) is 14.0. The van der Waals surface area contributed by atoms with E-state index in [1.807, 2.05) is 0 Å². The van der Waals surface area contributed by atoms with Crippen molar-refractivity contribution in [2.45, 2.75) is 0 Å². The Labute approximate surface area is 145 Å². The molecule has 24 heavy (non-hydrogen) atoms. The topological polar surface area (TPSA) is 105 Å². The predicted octanol–water partition coefficient (Wildman–Crippen LogP) is 2.19. The third kappa shape index (κ3) is 3.71. The lowest BCUT2D eigenvalue weighted by molar-refractivity contribution is -0.384. The average Bonchev–Trinajstić information content (AvgIpc) is 3.17. The van der Waals surface area contributed by atoms with Crippen LogP contribution < -0.4 is 5.32 Å². The van der Waals surface area contributed by atoms with Crippen LogP contribution in [0.4, 0.5) is 10.8 Å². The Morgan fingerprint density at radius 1 is 1.46 bits per heavy atom. The number of aromatic nitrogens is 1. The minimum Gasteiger partial charge on any atom is -0.323 e. The molecular weight excluding hydrogens is 352 g/mol. The standard InChI is InChI=1S/C14H12N4O4S2/c19-12(5-17-8-23-7-13(17)20)16-14-15-11(6-24-14)9-2-1-3-10(4-9)18(21)22/h1-4,6H,5,7-8H2,(H,15,16,19). The molecule has 3 rings (SSSR count). The fourth-order valence-corrected chi connectivity index (χ4v) is 3.75. The lowest BCUT2D eigenvalue weighted by atomic mass is 10.1. The van der Waals surface area contributed by atoms with Gasteiger partial charge in [-0.05, 0) is 0 Å². The average molecular weight is 364 g/mol. The maximum absolute atomic E-state index is 12.0. The van der Waals surface area contributed by atoms with Crippen molar-refractivity contribution in [2.24, 2.45) is 0 Å². The molecule has 1 aliphatic heterocycles. The van der Waals surface area contributed by atoms with Crippen LogP contribution in [-0.4, -0.2) is 44.8 Å². The van der Waals surface area contributed by atoms with Crippen molar-refractivity contribution in [3.8, 4) is 11.3 Å². The summed E-state index contributed by atoms with van der Waals surface area (Å²) >= 11 is 2.70. The largest absolute Gasteiger partial charge is 0.323 e. The second kappa shape index (κ2) is 6.97. The predicted molar refractivity (Wildman–Crippen MR) is 91.9 cm³/mol. The van der Waals surface area contributed by atoms with E-state index in [1.54, 1.807) is 17.5 Å². The maximum Gasteiger partial charge on any atom is 0.270 e. The van der Waals surface area contributed by atoms with Crippen molar-refractivity contribution < 1.29 is 14.5 Å². The molecule has 0 spiro atoms. The Kier molecular flexibility index (Phi) is 4.76. The molecule has 0 saturated carbocycles. The van der Waals surface area contributed by atoms with Crippen LogP contribution in [0.3, 0.4) is 0 Å². The molecule has 0 unspecified atom stereocenters. The van der Waals surface area contributed by atoms with Crippen molar-refractivity contribution in [1.29, 1.82) is 0 Å². The molecule has 8 nitrogen and oxygen atoms in total. The van der Waals surface area contributed by atoms with Crippen LogP contribution in [0.5, 0.6) is 0 Å². The van der Waals surface area contributed by atoms with Crippen LogP contribution >= 0.6 is 23.1 Å². The number of carbonyl (C=O) groups excluding carboxylic acids is 2. The second-order valence-corrected chi connectivity index (χ2v) is 6.78. The Morgan fingerprint density at radius 2 is 2.29 bits per heavy atom. The molecular formula is C14H12N4O4S2. The van der Waals surface area contributed by atoms with E-state index in [4.69, 9.17) is 0 Å². The van der Waals surface area contributed by atoms with E-state index in [2.05, 4.69) is 10.3 Å². The summed E-state index contributed by atoms with van der Waals surface area (Å²) in [6, 6.07) is 6.14. The van der Waals surface area contributed by atoms with E-state index in [0.29, 0.717) is 28.0 Å². The molecule has 1 aromatic carbocycles. The van der Waals surface area contributed by atoms with Gasteiger partial charge in [-0.3, -0.25) is 19.7 Å². The summed E-state index contributed by atoms with van der Waals surface area (Å²) in [6.45, 7) is -0.00243. The fourth-order valence-electron chi connectivity index (χ4n) is 2.11. The summed E-state index contributed by atoms with van der Waals surface area (Å²) in [7, 11) is 0. The molecule has 0 radical (unpaired) electrons. The number of anilines is 1. The maximum atomic E-state index is 12.0. The van der Waals surface area contributed by atoms with Gasteiger partial charge >= 0.3 is 0 Å². The number of hydrogen-bond donors (Lipinski definition) is 1. The molecule has 1 N–H and O–H groups in total. The molecule has 0 aliphatic carbocycles. The van der Waals surface area contributed by atoms with Crippen molar-refractivity contribution in [3.05, 3.63) is 39.8 Å². The van der Waals surface area contributed by atoms with Crippen LogP contribution in [0.1, 0.15) is 0 Å². The number of carbonyl (C=O) groups is 2. The first-order chi connectivity index (χ1) is 11.5. The molecule has 124 valence electrons. The number of nitro groups is 1. The minimum absolute atomic E-state index is 0.00243. The van der Waals surface area contributed by atoms with Gasteiger partial charge in [0.2, 0.25) is 11.8 Å². The lowest BCUT2D eigenvalue weighted by Gasteiger charge is -2.12. The van der Waals surface area contributed by atoms with Gasteiger partial charge < -0.3 is 10.2 Å². The summed E-state index contributed by atoms with van der Waals surface area (Å²) in [6.07, 6.45) is 0. The van der Waals surface area contributed by atoms with Crippen LogP contribution in [0.2, 0.25) is 0 Å². The monoisotopic (exact) mass is 364 g/mol. The Hall–Kier alpha value is -2.46. The van der Waals surface area contributed by atoms with E-state index < -0.39 is 4.92 Å². The molecule has 0 atom stereocenters. The van der Waals surface area contributed by atoms with Gasteiger partial charge in [-0.1, -0.05) is 12.1 Å². The highest BCUT2D eigenvalue weighted by Crippen LogP contribution is 2.27. The van der Waals surface area contributed by atoms with Gasteiger partial charge in [0.25, 0.3) is 5.69 Å². The zero-order valence-corrected chi connectivity index (χ0v) is 13.9. The quantitative estimate of drug-likeness (QED) is 0.644. The van der Waals surface area contributed by atoms with Crippen LogP contribution in [0.15, 0.2) is 29.6 Å². The van der Waals surface area contributed by atoms with E-state index in [0.717, 1.165) is 0 Å². The lowest BCUT2D eigenvalue weighted by Crippen LogP contribution is -2.34. The summed E-state index contributed by atoms with van der Waals surface area (Å²) < 4.78 is 0.